The van der Waals surface area contributed by atoms with E-state index in [4.69, 9.17) is 0 Å². The molecule has 1 heterocycles. The lowest BCUT2D eigenvalue weighted by Crippen LogP contribution is -2.31. The van der Waals surface area contributed by atoms with E-state index in [0.717, 1.165) is 23.5 Å². The molecule has 21 heavy (non-hydrogen) atoms. The standard InChI is InChI=1S/C17H21N3O/c1-13-16(12-21)17(19(2)14-8-6-7-9-14)20(18-13)15-10-4-3-5-11-15/h3-5,10-12,14H,6-9H2,1-2H3. The Labute approximate surface area is 125 Å². The molecule has 1 fully saturated rings. The number of aryl methyl sites for hydroxylation is 1. The number of benzene rings is 1. The number of anilines is 1. The number of carbonyl (C=O) groups is 1. The SMILES string of the molecule is Cc1nn(-c2ccccc2)c(N(C)C2CCCC2)c1C=O. The summed E-state index contributed by atoms with van der Waals surface area (Å²) in [6.07, 6.45) is 5.85. The molecule has 0 N–H and O–H groups in total. The highest BCUT2D eigenvalue weighted by molar-refractivity contribution is 5.85. The van der Waals surface area contributed by atoms with Crippen LogP contribution in [0, 0.1) is 6.92 Å². The third kappa shape index (κ3) is 2.46. The minimum Gasteiger partial charge on any atom is -0.356 e. The molecule has 1 aromatic carbocycles. The van der Waals surface area contributed by atoms with Crippen LogP contribution in [0.25, 0.3) is 5.69 Å². The molecule has 0 amide bonds. The normalized spacial score (nSPS) is 15.3. The molecular weight excluding hydrogens is 262 g/mol. The van der Waals surface area contributed by atoms with Gasteiger partial charge in [-0.15, -0.1) is 0 Å². The first-order valence-corrected chi connectivity index (χ1v) is 7.55. The van der Waals surface area contributed by atoms with Gasteiger partial charge < -0.3 is 4.90 Å². The number of carbonyl (C=O) groups excluding carboxylic acids is 1. The van der Waals surface area contributed by atoms with Crippen LogP contribution in [0.5, 0.6) is 0 Å². The first-order chi connectivity index (χ1) is 10.2. The lowest BCUT2D eigenvalue weighted by atomic mass is 10.2. The van der Waals surface area contributed by atoms with E-state index in [1.54, 1.807) is 0 Å². The Hall–Kier alpha value is -2.10. The average molecular weight is 283 g/mol. The van der Waals surface area contributed by atoms with E-state index in [1.165, 1.54) is 25.7 Å². The van der Waals surface area contributed by atoms with Crippen molar-refractivity contribution in [1.82, 2.24) is 9.78 Å². The molecule has 4 nitrogen and oxygen atoms in total. The van der Waals surface area contributed by atoms with Gasteiger partial charge >= 0.3 is 0 Å². The summed E-state index contributed by atoms with van der Waals surface area (Å²) in [6.45, 7) is 1.90. The maximum absolute atomic E-state index is 11.5. The van der Waals surface area contributed by atoms with Crippen LogP contribution in [0.1, 0.15) is 41.7 Å². The molecular formula is C17H21N3O. The highest BCUT2D eigenvalue weighted by Gasteiger charge is 2.26. The number of aromatic nitrogens is 2. The van der Waals surface area contributed by atoms with Gasteiger partial charge in [-0.25, -0.2) is 4.68 Å². The van der Waals surface area contributed by atoms with Crippen molar-refractivity contribution in [2.24, 2.45) is 0 Å². The summed E-state index contributed by atoms with van der Waals surface area (Å²) in [6, 6.07) is 10.5. The van der Waals surface area contributed by atoms with Crippen molar-refractivity contribution < 1.29 is 4.79 Å². The Kier molecular flexibility index (Phi) is 3.78. The molecule has 0 bridgehead atoms. The predicted molar refractivity (Wildman–Crippen MR) is 84.3 cm³/mol. The second-order valence-electron chi connectivity index (χ2n) is 5.74. The summed E-state index contributed by atoms with van der Waals surface area (Å²) in [5, 5.41) is 4.59. The summed E-state index contributed by atoms with van der Waals surface area (Å²) >= 11 is 0. The van der Waals surface area contributed by atoms with Crippen LogP contribution in [-0.2, 0) is 0 Å². The van der Waals surface area contributed by atoms with Crippen LogP contribution in [0.15, 0.2) is 30.3 Å². The van der Waals surface area contributed by atoms with E-state index in [0.29, 0.717) is 11.6 Å². The fourth-order valence-electron chi connectivity index (χ4n) is 3.22. The van der Waals surface area contributed by atoms with Crippen LogP contribution in [0.2, 0.25) is 0 Å². The molecule has 1 saturated carbocycles. The van der Waals surface area contributed by atoms with E-state index in [2.05, 4.69) is 17.0 Å². The molecule has 0 radical (unpaired) electrons. The van der Waals surface area contributed by atoms with E-state index in [-0.39, 0.29) is 0 Å². The van der Waals surface area contributed by atoms with E-state index < -0.39 is 0 Å². The fraction of sp³-hybridized carbons (Fsp3) is 0.412. The molecule has 110 valence electrons. The monoisotopic (exact) mass is 283 g/mol. The summed E-state index contributed by atoms with van der Waals surface area (Å²) in [4.78, 5) is 13.8. The lowest BCUT2D eigenvalue weighted by molar-refractivity contribution is 0.112. The molecule has 0 aliphatic heterocycles. The summed E-state index contributed by atoms with van der Waals surface area (Å²) in [7, 11) is 2.08. The van der Waals surface area contributed by atoms with E-state index >= 15 is 0 Å². The number of aldehydes is 1. The highest BCUT2D eigenvalue weighted by Crippen LogP contribution is 2.31. The van der Waals surface area contributed by atoms with Gasteiger partial charge in [0.05, 0.1) is 16.9 Å². The highest BCUT2D eigenvalue weighted by atomic mass is 16.1. The van der Waals surface area contributed by atoms with Gasteiger partial charge in [-0.05, 0) is 31.9 Å². The van der Waals surface area contributed by atoms with Gasteiger partial charge in [-0.1, -0.05) is 31.0 Å². The molecule has 0 atom stereocenters. The van der Waals surface area contributed by atoms with Crippen molar-refractivity contribution in [3.8, 4) is 5.69 Å². The zero-order valence-corrected chi connectivity index (χ0v) is 12.6. The molecule has 0 unspecified atom stereocenters. The molecule has 2 aromatic rings. The van der Waals surface area contributed by atoms with Crippen molar-refractivity contribution in [2.45, 2.75) is 38.6 Å². The number of nitrogens with zero attached hydrogens (tertiary/aromatic N) is 3. The predicted octanol–water partition coefficient (Wildman–Crippen LogP) is 3.37. The second kappa shape index (κ2) is 5.72. The number of para-hydroxylation sites is 1. The summed E-state index contributed by atoms with van der Waals surface area (Å²) in [5.41, 5.74) is 2.48. The number of hydrogen-bond donors (Lipinski definition) is 0. The third-order valence-corrected chi connectivity index (χ3v) is 4.41. The molecule has 0 saturated heterocycles. The minimum atomic E-state index is 0.502. The molecule has 4 heteroatoms. The van der Waals surface area contributed by atoms with Crippen molar-refractivity contribution in [3.63, 3.8) is 0 Å². The van der Waals surface area contributed by atoms with Crippen LogP contribution >= 0.6 is 0 Å². The van der Waals surface area contributed by atoms with Crippen LogP contribution in [-0.4, -0.2) is 29.2 Å². The van der Waals surface area contributed by atoms with Gasteiger partial charge in [0.1, 0.15) is 5.82 Å². The zero-order valence-electron chi connectivity index (χ0n) is 12.6. The molecule has 0 spiro atoms. The minimum absolute atomic E-state index is 0.502. The van der Waals surface area contributed by atoms with Crippen LogP contribution < -0.4 is 4.90 Å². The summed E-state index contributed by atoms with van der Waals surface area (Å²) < 4.78 is 1.90. The quantitative estimate of drug-likeness (QED) is 0.807. The smallest absolute Gasteiger partial charge is 0.155 e. The average Bonchev–Trinajstić information content (AvgIpc) is 3.15. The molecule has 1 aliphatic rings. The van der Waals surface area contributed by atoms with Crippen molar-refractivity contribution in [1.29, 1.82) is 0 Å². The maximum atomic E-state index is 11.5. The van der Waals surface area contributed by atoms with E-state index in [1.807, 2.05) is 41.9 Å². The number of hydrogen-bond acceptors (Lipinski definition) is 3. The van der Waals surface area contributed by atoms with Gasteiger partial charge in [0.15, 0.2) is 6.29 Å². The van der Waals surface area contributed by atoms with Crippen LogP contribution in [0.4, 0.5) is 5.82 Å². The largest absolute Gasteiger partial charge is 0.356 e. The molecule has 3 rings (SSSR count). The Morgan fingerprint density at radius 3 is 2.52 bits per heavy atom. The zero-order chi connectivity index (χ0) is 14.8. The Balaban J connectivity index is 2.10. The Bertz CT molecular complexity index is 627. The summed E-state index contributed by atoms with van der Waals surface area (Å²) in [5.74, 6) is 0.917. The first kappa shape index (κ1) is 13.9. The van der Waals surface area contributed by atoms with Crippen molar-refractivity contribution in [2.75, 3.05) is 11.9 Å². The second-order valence-corrected chi connectivity index (χ2v) is 5.74. The van der Waals surface area contributed by atoms with Gasteiger partial charge in [0, 0.05) is 13.1 Å². The van der Waals surface area contributed by atoms with Gasteiger partial charge in [0.25, 0.3) is 0 Å². The van der Waals surface area contributed by atoms with Gasteiger partial charge in [-0.2, -0.15) is 5.10 Å². The molecule has 1 aliphatic carbocycles. The van der Waals surface area contributed by atoms with Gasteiger partial charge in [-0.3, -0.25) is 4.79 Å². The lowest BCUT2D eigenvalue weighted by Gasteiger charge is -2.27. The first-order valence-electron chi connectivity index (χ1n) is 7.55. The van der Waals surface area contributed by atoms with Gasteiger partial charge in [0.2, 0.25) is 0 Å². The Morgan fingerprint density at radius 2 is 1.90 bits per heavy atom. The third-order valence-electron chi connectivity index (χ3n) is 4.41. The fourth-order valence-corrected chi connectivity index (χ4v) is 3.22. The Morgan fingerprint density at radius 1 is 1.24 bits per heavy atom. The topological polar surface area (TPSA) is 38.1 Å². The van der Waals surface area contributed by atoms with Crippen LogP contribution in [0.3, 0.4) is 0 Å². The van der Waals surface area contributed by atoms with E-state index in [9.17, 15) is 4.79 Å². The number of rotatable bonds is 4. The maximum Gasteiger partial charge on any atom is 0.155 e. The van der Waals surface area contributed by atoms with Crippen molar-refractivity contribution >= 4 is 12.1 Å². The van der Waals surface area contributed by atoms with Crippen molar-refractivity contribution in [3.05, 3.63) is 41.6 Å². The molecule has 1 aromatic heterocycles.